The second-order valence-corrected chi connectivity index (χ2v) is 5.99. The van der Waals surface area contributed by atoms with Gasteiger partial charge in [-0.15, -0.1) is 0 Å². The highest BCUT2D eigenvalue weighted by atomic mass is 79.9. The molecule has 0 aromatic heterocycles. The zero-order valence-electron chi connectivity index (χ0n) is 11.9. The van der Waals surface area contributed by atoms with Crippen molar-refractivity contribution >= 4 is 15.9 Å². The fourth-order valence-electron chi connectivity index (χ4n) is 2.58. The van der Waals surface area contributed by atoms with E-state index in [4.69, 9.17) is 0 Å². The number of hydrogen-bond donors (Lipinski definition) is 0. The highest BCUT2D eigenvalue weighted by Gasteiger charge is 2.14. The molecule has 1 atom stereocenters. The van der Waals surface area contributed by atoms with Gasteiger partial charge in [0.2, 0.25) is 0 Å². The summed E-state index contributed by atoms with van der Waals surface area (Å²) in [6.07, 6.45) is 1.10. The van der Waals surface area contributed by atoms with Gasteiger partial charge >= 0.3 is 0 Å². The van der Waals surface area contributed by atoms with E-state index < -0.39 is 0 Å². The maximum atomic E-state index is 3.69. The smallest absolute Gasteiger partial charge is 0.0103 e. The fourth-order valence-corrected chi connectivity index (χ4v) is 3.16. The molecule has 1 heteroatoms. The summed E-state index contributed by atoms with van der Waals surface area (Å²) < 4.78 is 0. The normalized spacial score (nSPS) is 12.4. The largest absolute Gasteiger partial charge is 0.0921 e. The van der Waals surface area contributed by atoms with Gasteiger partial charge in [0.25, 0.3) is 0 Å². The van der Waals surface area contributed by atoms with Gasteiger partial charge in [-0.1, -0.05) is 64.0 Å². The first-order valence-corrected chi connectivity index (χ1v) is 7.91. The molecule has 0 aliphatic rings. The van der Waals surface area contributed by atoms with Crippen LogP contribution in [-0.4, -0.2) is 5.33 Å². The Morgan fingerprint density at radius 2 is 1.68 bits per heavy atom. The van der Waals surface area contributed by atoms with Crippen molar-refractivity contribution in [3.05, 3.63) is 70.3 Å². The van der Waals surface area contributed by atoms with Gasteiger partial charge in [0.15, 0.2) is 0 Å². The van der Waals surface area contributed by atoms with Crippen LogP contribution in [0, 0.1) is 20.8 Å². The summed E-state index contributed by atoms with van der Waals surface area (Å²) in [4.78, 5) is 0. The molecule has 2 rings (SSSR count). The summed E-state index contributed by atoms with van der Waals surface area (Å²) in [5, 5.41) is 1.01. The van der Waals surface area contributed by atoms with Crippen molar-refractivity contribution in [3.63, 3.8) is 0 Å². The number of halogens is 1. The first-order valence-electron chi connectivity index (χ1n) is 6.79. The standard InChI is InChI=1S/C18H21Br/c1-13-8-9-14(2)16(10-13)11-17(12-19)18-7-5-4-6-15(18)3/h4-10,17H,11-12H2,1-3H3. The molecule has 0 radical (unpaired) electrons. The number of aryl methyl sites for hydroxylation is 3. The summed E-state index contributed by atoms with van der Waals surface area (Å²) in [5.74, 6) is 0.543. The van der Waals surface area contributed by atoms with Gasteiger partial charge in [-0.05, 0) is 55.4 Å². The van der Waals surface area contributed by atoms with Gasteiger partial charge in [0.1, 0.15) is 0 Å². The molecule has 0 saturated heterocycles. The first kappa shape index (κ1) is 14.3. The molecule has 2 aromatic rings. The quantitative estimate of drug-likeness (QED) is 0.668. The number of hydrogen-bond acceptors (Lipinski definition) is 0. The minimum atomic E-state index is 0.543. The Balaban J connectivity index is 2.29. The van der Waals surface area contributed by atoms with Crippen LogP contribution in [0.1, 0.15) is 33.7 Å². The molecule has 0 N–H and O–H groups in total. The van der Waals surface area contributed by atoms with E-state index in [1.54, 1.807) is 0 Å². The second kappa shape index (κ2) is 6.38. The SMILES string of the molecule is Cc1ccc(C)c(CC(CBr)c2ccccc2C)c1. The molecule has 0 nitrogen and oxygen atoms in total. The first-order chi connectivity index (χ1) is 9.11. The monoisotopic (exact) mass is 316 g/mol. The van der Waals surface area contributed by atoms with Crippen LogP contribution in [0.2, 0.25) is 0 Å². The van der Waals surface area contributed by atoms with Crippen LogP contribution in [0.15, 0.2) is 42.5 Å². The predicted octanol–water partition coefficient (Wildman–Crippen LogP) is 5.33. The van der Waals surface area contributed by atoms with E-state index in [2.05, 4.69) is 79.2 Å². The van der Waals surface area contributed by atoms with Gasteiger partial charge in [-0.25, -0.2) is 0 Å². The Labute approximate surface area is 125 Å². The molecule has 0 aliphatic heterocycles. The van der Waals surface area contributed by atoms with Crippen molar-refractivity contribution in [2.45, 2.75) is 33.1 Å². The Morgan fingerprint density at radius 3 is 2.37 bits per heavy atom. The lowest BCUT2D eigenvalue weighted by Gasteiger charge is -2.18. The van der Waals surface area contributed by atoms with Crippen molar-refractivity contribution in [1.29, 1.82) is 0 Å². The van der Waals surface area contributed by atoms with Crippen molar-refractivity contribution < 1.29 is 0 Å². The molecule has 0 spiro atoms. The number of alkyl halides is 1. The van der Waals surface area contributed by atoms with Crippen molar-refractivity contribution in [2.75, 3.05) is 5.33 Å². The van der Waals surface area contributed by atoms with Crippen LogP contribution >= 0.6 is 15.9 Å². The minimum absolute atomic E-state index is 0.543. The number of benzene rings is 2. The summed E-state index contributed by atoms with van der Waals surface area (Å²) in [6, 6.07) is 15.5. The molecule has 0 bridgehead atoms. The number of rotatable bonds is 4. The van der Waals surface area contributed by atoms with E-state index in [-0.39, 0.29) is 0 Å². The molecule has 100 valence electrons. The van der Waals surface area contributed by atoms with Gasteiger partial charge in [-0.2, -0.15) is 0 Å². The highest BCUT2D eigenvalue weighted by molar-refractivity contribution is 9.09. The lowest BCUT2D eigenvalue weighted by atomic mass is 9.89. The molecule has 1 unspecified atom stereocenters. The molecule has 0 heterocycles. The Kier molecular flexibility index (Phi) is 4.81. The van der Waals surface area contributed by atoms with E-state index in [0.29, 0.717) is 5.92 Å². The topological polar surface area (TPSA) is 0 Å². The van der Waals surface area contributed by atoms with Gasteiger partial charge in [0.05, 0.1) is 0 Å². The molecule has 0 aliphatic carbocycles. The van der Waals surface area contributed by atoms with Crippen molar-refractivity contribution in [2.24, 2.45) is 0 Å². The molecule has 2 aromatic carbocycles. The average Bonchev–Trinajstić information content (AvgIpc) is 2.41. The minimum Gasteiger partial charge on any atom is -0.0921 e. The summed E-state index contributed by atoms with van der Waals surface area (Å²) in [6.45, 7) is 6.58. The van der Waals surface area contributed by atoms with E-state index in [0.717, 1.165) is 11.8 Å². The fraction of sp³-hybridized carbons (Fsp3) is 0.333. The second-order valence-electron chi connectivity index (χ2n) is 5.34. The van der Waals surface area contributed by atoms with Crippen LogP contribution in [0.4, 0.5) is 0 Å². The lowest BCUT2D eigenvalue weighted by Crippen LogP contribution is -2.07. The van der Waals surface area contributed by atoms with Crippen molar-refractivity contribution in [1.82, 2.24) is 0 Å². The molecule has 0 fully saturated rings. The van der Waals surface area contributed by atoms with Crippen LogP contribution in [0.3, 0.4) is 0 Å². The summed E-state index contributed by atoms with van der Waals surface area (Å²) >= 11 is 3.69. The Hall–Kier alpha value is -1.08. The third-order valence-corrected chi connectivity index (χ3v) is 4.57. The van der Waals surface area contributed by atoms with E-state index in [1.165, 1.54) is 27.8 Å². The van der Waals surface area contributed by atoms with Crippen molar-refractivity contribution in [3.8, 4) is 0 Å². The molecule has 19 heavy (non-hydrogen) atoms. The maximum Gasteiger partial charge on any atom is 0.0103 e. The molecule has 0 amide bonds. The van der Waals surface area contributed by atoms with Crippen LogP contribution in [0.5, 0.6) is 0 Å². The lowest BCUT2D eigenvalue weighted by molar-refractivity contribution is 0.764. The van der Waals surface area contributed by atoms with Crippen LogP contribution in [0.25, 0.3) is 0 Å². The van der Waals surface area contributed by atoms with Crippen LogP contribution in [-0.2, 0) is 6.42 Å². The Bertz CT molecular complexity index is 557. The molecular weight excluding hydrogens is 296 g/mol. The van der Waals surface area contributed by atoms with E-state index >= 15 is 0 Å². The summed E-state index contributed by atoms with van der Waals surface area (Å²) in [5.41, 5.74) is 7.05. The van der Waals surface area contributed by atoms with Gasteiger partial charge in [-0.3, -0.25) is 0 Å². The Morgan fingerprint density at radius 1 is 0.947 bits per heavy atom. The van der Waals surface area contributed by atoms with Crippen LogP contribution < -0.4 is 0 Å². The third-order valence-electron chi connectivity index (χ3n) is 3.79. The molecular formula is C18H21Br. The average molecular weight is 317 g/mol. The van der Waals surface area contributed by atoms with E-state index in [9.17, 15) is 0 Å². The zero-order valence-corrected chi connectivity index (χ0v) is 13.5. The van der Waals surface area contributed by atoms with Gasteiger partial charge in [0, 0.05) is 5.33 Å². The zero-order chi connectivity index (χ0) is 13.8. The highest BCUT2D eigenvalue weighted by Crippen LogP contribution is 2.27. The maximum absolute atomic E-state index is 3.69. The van der Waals surface area contributed by atoms with E-state index in [1.807, 2.05) is 0 Å². The van der Waals surface area contributed by atoms with Gasteiger partial charge < -0.3 is 0 Å². The molecule has 0 saturated carbocycles. The summed E-state index contributed by atoms with van der Waals surface area (Å²) in [7, 11) is 0. The third kappa shape index (κ3) is 3.48. The predicted molar refractivity (Wildman–Crippen MR) is 87.3 cm³/mol.